The van der Waals surface area contributed by atoms with Gasteiger partial charge in [-0.1, -0.05) is 6.07 Å². The van der Waals surface area contributed by atoms with Crippen molar-refractivity contribution in [1.82, 2.24) is 9.80 Å². The van der Waals surface area contributed by atoms with E-state index < -0.39 is 0 Å². The Morgan fingerprint density at radius 3 is 2.91 bits per heavy atom. The van der Waals surface area contributed by atoms with Crippen molar-refractivity contribution in [2.75, 3.05) is 20.1 Å². The fourth-order valence-electron chi connectivity index (χ4n) is 3.03. The van der Waals surface area contributed by atoms with Gasteiger partial charge in [0.2, 0.25) is 5.91 Å². The highest BCUT2D eigenvalue weighted by molar-refractivity contribution is 7.10. The Kier molecular flexibility index (Phi) is 4.96. The average molecular weight is 335 g/mol. The molecule has 2 aromatic heterocycles. The molecule has 1 saturated heterocycles. The van der Waals surface area contributed by atoms with Gasteiger partial charge in [0.1, 0.15) is 0 Å². The Bertz CT molecular complexity index is 620. The number of carbonyl (C=O) groups is 1. The van der Waals surface area contributed by atoms with Gasteiger partial charge in [-0.3, -0.25) is 9.69 Å². The smallest absolute Gasteiger partial charge is 0.237 e. The van der Waals surface area contributed by atoms with Crippen molar-refractivity contribution < 1.29 is 4.79 Å². The van der Waals surface area contributed by atoms with E-state index in [1.807, 2.05) is 7.05 Å². The molecule has 3 heterocycles. The minimum Gasteiger partial charge on any atom is -0.334 e. The lowest BCUT2D eigenvalue weighted by atomic mass is 10.2. The zero-order valence-corrected chi connectivity index (χ0v) is 14.8. The summed E-state index contributed by atoms with van der Waals surface area (Å²) in [6, 6.07) is 6.67. The van der Waals surface area contributed by atoms with Crippen molar-refractivity contribution in [3.05, 3.63) is 44.3 Å². The number of carbonyl (C=O) groups excluding carboxylic acids is 1. The summed E-state index contributed by atoms with van der Waals surface area (Å²) in [7, 11) is 2.04. The van der Waals surface area contributed by atoms with Crippen molar-refractivity contribution in [3.63, 3.8) is 0 Å². The lowest BCUT2D eigenvalue weighted by Gasteiger charge is -2.26. The first kappa shape index (κ1) is 15.7. The van der Waals surface area contributed by atoms with Gasteiger partial charge < -0.3 is 4.90 Å². The van der Waals surface area contributed by atoms with E-state index in [1.54, 1.807) is 22.7 Å². The lowest BCUT2D eigenvalue weighted by molar-refractivity contribution is -0.133. The number of likely N-dealkylation sites (N-methyl/N-ethyl adjacent to an activating group) is 1. The number of hydrogen-bond donors (Lipinski definition) is 0. The molecule has 3 rings (SSSR count). The highest BCUT2D eigenvalue weighted by Crippen LogP contribution is 2.34. The molecule has 0 saturated carbocycles. The Balaban J connectivity index is 1.60. The molecular weight excluding hydrogens is 312 g/mol. The molecule has 1 aliphatic rings. The van der Waals surface area contributed by atoms with Crippen LogP contribution < -0.4 is 0 Å². The maximum atomic E-state index is 12.7. The van der Waals surface area contributed by atoms with Crippen LogP contribution in [0.2, 0.25) is 0 Å². The van der Waals surface area contributed by atoms with Crippen LogP contribution in [0.25, 0.3) is 0 Å². The van der Waals surface area contributed by atoms with Crippen LogP contribution in [0.5, 0.6) is 0 Å². The van der Waals surface area contributed by atoms with Gasteiger partial charge in [0.05, 0.1) is 12.6 Å². The van der Waals surface area contributed by atoms with Crippen LogP contribution >= 0.6 is 22.7 Å². The molecule has 5 heteroatoms. The molecule has 118 valence electrons. The van der Waals surface area contributed by atoms with Gasteiger partial charge in [0, 0.05) is 22.8 Å². The van der Waals surface area contributed by atoms with Gasteiger partial charge in [-0.25, -0.2) is 0 Å². The van der Waals surface area contributed by atoms with Gasteiger partial charge in [0.15, 0.2) is 0 Å². The highest BCUT2D eigenvalue weighted by atomic mass is 32.1. The first-order chi connectivity index (χ1) is 10.6. The molecule has 3 nitrogen and oxygen atoms in total. The number of nitrogens with zero attached hydrogens (tertiary/aromatic N) is 2. The van der Waals surface area contributed by atoms with Crippen LogP contribution in [0.15, 0.2) is 29.0 Å². The van der Waals surface area contributed by atoms with Crippen LogP contribution in [0.4, 0.5) is 0 Å². The van der Waals surface area contributed by atoms with Gasteiger partial charge in [-0.05, 0) is 55.3 Å². The Morgan fingerprint density at radius 1 is 1.36 bits per heavy atom. The third-order valence-corrected chi connectivity index (χ3v) is 6.21. The molecule has 0 radical (unpaired) electrons. The normalized spacial score (nSPS) is 18.3. The van der Waals surface area contributed by atoms with E-state index in [0.717, 1.165) is 25.9 Å². The fraction of sp³-hybridized carbons (Fsp3) is 0.471. The van der Waals surface area contributed by atoms with Gasteiger partial charge in [-0.2, -0.15) is 0 Å². The second-order valence-corrected chi connectivity index (χ2v) is 7.94. The number of aryl methyl sites for hydroxylation is 1. The second-order valence-electron chi connectivity index (χ2n) is 5.96. The number of thiophene rings is 2. The number of likely N-dealkylation sites (tertiary alicyclic amines) is 1. The molecule has 0 N–H and O–H groups in total. The first-order valence-electron chi connectivity index (χ1n) is 7.69. The predicted molar refractivity (Wildman–Crippen MR) is 93.4 cm³/mol. The van der Waals surface area contributed by atoms with E-state index >= 15 is 0 Å². The second kappa shape index (κ2) is 6.94. The lowest BCUT2D eigenvalue weighted by Crippen LogP contribution is -2.38. The summed E-state index contributed by atoms with van der Waals surface area (Å²) >= 11 is 3.53. The van der Waals surface area contributed by atoms with E-state index in [1.165, 1.54) is 15.3 Å². The molecule has 2 aromatic rings. The topological polar surface area (TPSA) is 23.6 Å². The van der Waals surface area contributed by atoms with Crippen molar-refractivity contribution in [2.24, 2.45) is 0 Å². The van der Waals surface area contributed by atoms with E-state index in [9.17, 15) is 4.79 Å². The summed E-state index contributed by atoms with van der Waals surface area (Å²) < 4.78 is 0. The number of rotatable bonds is 5. The average Bonchev–Trinajstić information content (AvgIpc) is 3.19. The third kappa shape index (κ3) is 3.42. The molecule has 1 aliphatic heterocycles. The van der Waals surface area contributed by atoms with E-state index in [4.69, 9.17) is 0 Å². The Morgan fingerprint density at radius 2 is 2.23 bits per heavy atom. The van der Waals surface area contributed by atoms with Crippen molar-refractivity contribution >= 4 is 28.6 Å². The summed E-state index contributed by atoms with van der Waals surface area (Å²) in [6.07, 6.45) is 2.21. The zero-order valence-electron chi connectivity index (χ0n) is 13.1. The molecule has 1 unspecified atom stereocenters. The van der Waals surface area contributed by atoms with E-state index in [2.05, 4.69) is 45.7 Å². The van der Waals surface area contributed by atoms with Gasteiger partial charge in [-0.15, -0.1) is 22.7 Å². The molecule has 1 atom stereocenters. The van der Waals surface area contributed by atoms with Crippen molar-refractivity contribution in [2.45, 2.75) is 32.4 Å². The third-order valence-electron chi connectivity index (χ3n) is 4.23. The molecule has 0 aromatic carbocycles. The van der Waals surface area contributed by atoms with Crippen LogP contribution in [0.1, 0.15) is 34.2 Å². The van der Waals surface area contributed by atoms with Crippen molar-refractivity contribution in [3.8, 4) is 0 Å². The van der Waals surface area contributed by atoms with Crippen LogP contribution in [0.3, 0.4) is 0 Å². The summed E-state index contributed by atoms with van der Waals surface area (Å²) in [5, 5.41) is 4.22. The molecule has 0 spiro atoms. The van der Waals surface area contributed by atoms with Crippen LogP contribution in [-0.4, -0.2) is 35.8 Å². The predicted octanol–water partition coefficient (Wildman–Crippen LogP) is 3.91. The summed E-state index contributed by atoms with van der Waals surface area (Å²) in [5.41, 5.74) is 1.32. The van der Waals surface area contributed by atoms with Crippen LogP contribution in [-0.2, 0) is 11.3 Å². The summed E-state index contributed by atoms with van der Waals surface area (Å²) in [4.78, 5) is 19.5. The fourth-order valence-corrected chi connectivity index (χ4v) is 4.89. The maximum Gasteiger partial charge on any atom is 0.237 e. The number of hydrogen-bond acceptors (Lipinski definition) is 4. The quantitative estimate of drug-likeness (QED) is 0.827. The SMILES string of the molecule is Cc1ccsc1CN(C)CC(=O)N1CCCC1c1cccs1. The van der Waals surface area contributed by atoms with Crippen molar-refractivity contribution in [1.29, 1.82) is 0 Å². The van der Waals surface area contributed by atoms with Gasteiger partial charge >= 0.3 is 0 Å². The molecular formula is C17H22N2OS2. The molecule has 1 amide bonds. The minimum atomic E-state index is 0.257. The molecule has 1 fully saturated rings. The zero-order chi connectivity index (χ0) is 15.5. The molecule has 22 heavy (non-hydrogen) atoms. The summed E-state index contributed by atoms with van der Waals surface area (Å²) in [6.45, 7) is 4.38. The van der Waals surface area contributed by atoms with E-state index in [0.29, 0.717) is 12.6 Å². The standard InChI is InChI=1S/C17H22N2OS2/c1-13-7-10-22-16(13)11-18(2)12-17(20)19-8-3-5-14(19)15-6-4-9-21-15/h4,6-7,9-10,14H,3,5,8,11-12H2,1-2H3. The highest BCUT2D eigenvalue weighted by Gasteiger charge is 2.30. The van der Waals surface area contributed by atoms with Crippen LogP contribution in [0, 0.1) is 6.92 Å². The Labute approximate surface area is 140 Å². The van der Waals surface area contributed by atoms with Gasteiger partial charge in [0.25, 0.3) is 0 Å². The maximum absolute atomic E-state index is 12.7. The molecule has 0 bridgehead atoms. The first-order valence-corrected chi connectivity index (χ1v) is 9.45. The monoisotopic (exact) mass is 334 g/mol. The summed E-state index contributed by atoms with van der Waals surface area (Å²) in [5.74, 6) is 0.257. The largest absolute Gasteiger partial charge is 0.334 e. The minimum absolute atomic E-state index is 0.257. The Hall–Kier alpha value is -1.17. The molecule has 0 aliphatic carbocycles. The number of amides is 1. The van der Waals surface area contributed by atoms with E-state index in [-0.39, 0.29) is 5.91 Å².